The monoisotopic (exact) mass is 597 g/mol. The second-order valence-corrected chi connectivity index (χ2v) is 11.9. The number of para-hydroxylation sites is 1. The summed E-state index contributed by atoms with van der Waals surface area (Å²) in [7, 11) is 0. The zero-order valence-electron chi connectivity index (χ0n) is 25.1. The van der Waals surface area contributed by atoms with Gasteiger partial charge in [-0.2, -0.15) is 0 Å². The normalized spacial score (nSPS) is 32.5. The van der Waals surface area contributed by atoms with Crippen molar-refractivity contribution in [2.45, 2.75) is 69.1 Å². The van der Waals surface area contributed by atoms with Gasteiger partial charge in [0.1, 0.15) is 30.2 Å². The third kappa shape index (κ3) is 8.77. The molecule has 43 heavy (non-hydrogen) atoms. The summed E-state index contributed by atoms with van der Waals surface area (Å²) in [4.78, 5) is 2.50. The zero-order valence-corrected chi connectivity index (χ0v) is 25.1. The van der Waals surface area contributed by atoms with E-state index in [0.29, 0.717) is 52.0 Å². The van der Waals surface area contributed by atoms with Crippen LogP contribution in [0.15, 0.2) is 60.7 Å². The zero-order chi connectivity index (χ0) is 29.1. The average molecular weight is 598 g/mol. The van der Waals surface area contributed by atoms with Gasteiger partial charge in [-0.1, -0.05) is 67.8 Å². The first-order valence-electron chi connectivity index (χ1n) is 16.1. The van der Waals surface area contributed by atoms with Crippen molar-refractivity contribution in [3.05, 3.63) is 66.2 Å². The first-order valence-corrected chi connectivity index (χ1v) is 16.1. The van der Waals surface area contributed by atoms with Crippen LogP contribution in [0, 0.1) is 5.92 Å². The minimum absolute atomic E-state index is 0.349. The van der Waals surface area contributed by atoms with Gasteiger partial charge in [-0.15, -0.1) is 0 Å². The summed E-state index contributed by atoms with van der Waals surface area (Å²) in [5.41, 5.74) is 0.952. The maximum absolute atomic E-state index is 6.55. The Labute approximate surface area is 255 Å². The third-order valence-electron chi connectivity index (χ3n) is 8.77. The molecule has 6 rings (SSSR count). The van der Waals surface area contributed by atoms with Crippen LogP contribution in [0.5, 0.6) is 5.75 Å². The van der Waals surface area contributed by atoms with Gasteiger partial charge in [0, 0.05) is 25.2 Å². The van der Waals surface area contributed by atoms with E-state index in [9.17, 15) is 0 Å². The average Bonchev–Trinajstić information content (AvgIpc) is 3.06. The smallest absolute Gasteiger partial charge is 0.229 e. The molecule has 9 nitrogen and oxygen atoms in total. The first kappa shape index (κ1) is 30.9. The van der Waals surface area contributed by atoms with Gasteiger partial charge in [-0.3, -0.25) is 4.90 Å². The van der Waals surface area contributed by atoms with E-state index in [0.717, 1.165) is 31.1 Å². The molecule has 1 saturated carbocycles. The SMILES string of the molecule is c1ccc(O[C@@H]2O[C@@H]3COC(c4ccccc4)O[C@H]3[C@@H]3OCCOCCN(CC4CCCCC4)CCOCCO[C@@H]23)cc1. The summed E-state index contributed by atoms with van der Waals surface area (Å²) in [6.45, 7) is 6.32. The molecule has 2 aromatic carbocycles. The molecule has 0 bridgehead atoms. The van der Waals surface area contributed by atoms with Crippen molar-refractivity contribution in [3.63, 3.8) is 0 Å². The van der Waals surface area contributed by atoms with Gasteiger partial charge in [-0.25, -0.2) is 0 Å². The lowest BCUT2D eigenvalue weighted by atomic mass is 9.89. The molecule has 1 unspecified atom stereocenters. The number of fused-ring (bicyclic) bond motifs is 3. The Morgan fingerprint density at radius 2 is 1.33 bits per heavy atom. The Hall–Kier alpha value is -2.08. The van der Waals surface area contributed by atoms with E-state index < -0.39 is 30.9 Å². The van der Waals surface area contributed by atoms with Crippen molar-refractivity contribution in [1.82, 2.24) is 4.90 Å². The van der Waals surface area contributed by atoms with Crippen LogP contribution in [0.4, 0.5) is 0 Å². The van der Waals surface area contributed by atoms with E-state index >= 15 is 0 Å². The molecule has 9 heteroatoms. The fraction of sp³-hybridized carbons (Fsp3) is 0.647. The van der Waals surface area contributed by atoms with Crippen molar-refractivity contribution in [3.8, 4) is 5.75 Å². The second-order valence-electron chi connectivity index (χ2n) is 11.9. The Balaban J connectivity index is 1.15. The number of hydrogen-bond acceptors (Lipinski definition) is 9. The number of nitrogens with zero attached hydrogens (tertiary/aromatic N) is 1. The maximum Gasteiger partial charge on any atom is 0.229 e. The van der Waals surface area contributed by atoms with E-state index in [1.807, 2.05) is 60.7 Å². The third-order valence-corrected chi connectivity index (χ3v) is 8.77. The molecular formula is C34H47NO8. The molecule has 2 aromatic rings. The van der Waals surface area contributed by atoms with Crippen LogP contribution in [0.2, 0.25) is 0 Å². The molecule has 0 N–H and O–H groups in total. The summed E-state index contributed by atoms with van der Waals surface area (Å²) < 4.78 is 50.6. The van der Waals surface area contributed by atoms with Crippen LogP contribution in [-0.4, -0.2) is 101 Å². The molecule has 4 fully saturated rings. The number of hydrogen-bond donors (Lipinski definition) is 0. The lowest BCUT2D eigenvalue weighted by Gasteiger charge is -2.48. The van der Waals surface area contributed by atoms with Crippen molar-refractivity contribution in [2.24, 2.45) is 5.92 Å². The minimum atomic E-state index is -0.711. The van der Waals surface area contributed by atoms with Crippen LogP contribution in [-0.2, 0) is 33.2 Å². The molecule has 6 atom stereocenters. The predicted octanol–water partition coefficient (Wildman–Crippen LogP) is 4.60. The van der Waals surface area contributed by atoms with Crippen molar-refractivity contribution >= 4 is 0 Å². The summed E-state index contributed by atoms with van der Waals surface area (Å²) in [5, 5.41) is 0. The molecule has 4 aliphatic rings. The molecule has 3 heterocycles. The van der Waals surface area contributed by atoms with E-state index in [2.05, 4.69) is 4.90 Å². The largest absolute Gasteiger partial charge is 0.462 e. The quantitative estimate of drug-likeness (QED) is 0.491. The van der Waals surface area contributed by atoms with Gasteiger partial charge in [0.05, 0.1) is 46.2 Å². The van der Waals surface area contributed by atoms with Gasteiger partial charge in [0.25, 0.3) is 0 Å². The highest BCUT2D eigenvalue weighted by molar-refractivity contribution is 5.21. The lowest BCUT2D eigenvalue weighted by Crippen LogP contribution is -2.64. The Morgan fingerprint density at radius 3 is 2.05 bits per heavy atom. The highest BCUT2D eigenvalue weighted by Gasteiger charge is 2.52. The highest BCUT2D eigenvalue weighted by Crippen LogP contribution is 2.37. The Kier molecular flexibility index (Phi) is 11.7. The molecule has 0 amide bonds. The van der Waals surface area contributed by atoms with E-state index in [4.69, 9.17) is 37.9 Å². The topological polar surface area (TPSA) is 77.1 Å². The standard InChI is InChI=1S/C34H47NO8/c1-4-10-26(11-5-1)24-35-16-18-36-20-22-38-31-30-29(25-40-33(43-30)27-12-6-2-7-13-27)42-34(41-28-14-8-3-9-15-28)32(31)39-23-21-37-19-17-35/h2-3,6-9,12-15,26,29-34H,1,4-5,10-11,16-25H2/t29-,30-,31+,32-,33?,34-/m1/s1. The van der Waals surface area contributed by atoms with Gasteiger partial charge >= 0.3 is 0 Å². The number of benzene rings is 2. The highest BCUT2D eigenvalue weighted by atomic mass is 16.8. The molecule has 0 radical (unpaired) electrons. The first-order chi connectivity index (χ1) is 21.3. The number of rotatable bonds is 5. The van der Waals surface area contributed by atoms with E-state index in [1.54, 1.807) is 0 Å². The molecule has 3 saturated heterocycles. The fourth-order valence-corrected chi connectivity index (χ4v) is 6.53. The van der Waals surface area contributed by atoms with Crippen LogP contribution in [0.3, 0.4) is 0 Å². The maximum atomic E-state index is 6.55. The summed E-state index contributed by atoms with van der Waals surface area (Å²) in [6, 6.07) is 19.6. The predicted molar refractivity (Wildman–Crippen MR) is 160 cm³/mol. The molecule has 0 spiro atoms. The van der Waals surface area contributed by atoms with Gasteiger partial charge < -0.3 is 37.9 Å². The summed E-state index contributed by atoms with van der Waals surface area (Å²) in [6.07, 6.45) is 3.70. The molecular weight excluding hydrogens is 550 g/mol. The van der Waals surface area contributed by atoms with Crippen LogP contribution in [0.1, 0.15) is 44.0 Å². The van der Waals surface area contributed by atoms with Crippen LogP contribution >= 0.6 is 0 Å². The van der Waals surface area contributed by atoms with Gasteiger partial charge in [0.2, 0.25) is 6.29 Å². The summed E-state index contributed by atoms with van der Waals surface area (Å²) in [5.74, 6) is 1.47. The van der Waals surface area contributed by atoms with Gasteiger partial charge in [0.15, 0.2) is 6.29 Å². The lowest BCUT2D eigenvalue weighted by molar-refractivity contribution is -0.360. The van der Waals surface area contributed by atoms with Crippen LogP contribution < -0.4 is 4.74 Å². The van der Waals surface area contributed by atoms with Crippen molar-refractivity contribution in [2.75, 3.05) is 65.9 Å². The molecule has 236 valence electrons. The van der Waals surface area contributed by atoms with Gasteiger partial charge in [-0.05, 0) is 30.9 Å². The molecule has 1 aliphatic carbocycles. The van der Waals surface area contributed by atoms with Crippen molar-refractivity contribution < 1.29 is 37.9 Å². The molecule has 0 aromatic heterocycles. The fourth-order valence-electron chi connectivity index (χ4n) is 6.53. The van der Waals surface area contributed by atoms with E-state index in [1.165, 1.54) is 32.1 Å². The molecule has 3 aliphatic heterocycles. The van der Waals surface area contributed by atoms with Crippen LogP contribution in [0.25, 0.3) is 0 Å². The Morgan fingerprint density at radius 1 is 0.651 bits per heavy atom. The Bertz CT molecular complexity index is 1050. The minimum Gasteiger partial charge on any atom is -0.462 e. The van der Waals surface area contributed by atoms with Crippen molar-refractivity contribution in [1.29, 1.82) is 0 Å². The second kappa shape index (κ2) is 16.3. The van der Waals surface area contributed by atoms with E-state index in [-0.39, 0.29) is 6.10 Å². The summed E-state index contributed by atoms with van der Waals surface area (Å²) >= 11 is 0. The number of ether oxygens (including phenoxy) is 8.